The average Bonchev–Trinajstić information content (AvgIpc) is 2.86. The second kappa shape index (κ2) is 7.13. The summed E-state index contributed by atoms with van der Waals surface area (Å²) in [6.07, 6.45) is 1.45. The summed E-state index contributed by atoms with van der Waals surface area (Å²) in [5, 5.41) is 9.15. The number of pyridine rings is 1. The Kier molecular flexibility index (Phi) is 5.13. The molecule has 0 spiro atoms. The lowest BCUT2D eigenvalue weighted by molar-refractivity contribution is 0.556. The number of nitrogens with zero attached hydrogens (tertiary/aromatic N) is 3. The highest BCUT2D eigenvalue weighted by Gasteiger charge is 2.20. The van der Waals surface area contributed by atoms with Gasteiger partial charge in [0.1, 0.15) is 12.0 Å². The number of benzene rings is 1. The molecular weight excluding hydrogens is 411 g/mol. The van der Waals surface area contributed by atoms with Gasteiger partial charge in [-0.3, -0.25) is 0 Å². The average molecular weight is 426 g/mol. The van der Waals surface area contributed by atoms with Gasteiger partial charge >= 0.3 is 0 Å². The second-order valence-corrected chi connectivity index (χ2v) is 7.21. The highest BCUT2D eigenvalue weighted by molar-refractivity contribution is 9.10. The maximum atomic E-state index is 6.43. The molecule has 1 N–H and O–H groups in total. The van der Waals surface area contributed by atoms with E-state index in [0.29, 0.717) is 10.0 Å². The number of aryl methyl sites for hydroxylation is 2. The molecule has 3 rings (SSSR count). The second-order valence-electron chi connectivity index (χ2n) is 5.45. The molecule has 2 heterocycles. The van der Waals surface area contributed by atoms with Gasteiger partial charge in [0.25, 0.3) is 0 Å². The molecule has 2 aromatic heterocycles. The topological polar surface area (TPSA) is 42.7 Å². The third kappa shape index (κ3) is 3.74. The van der Waals surface area contributed by atoms with E-state index in [0.717, 1.165) is 27.2 Å². The molecule has 0 aliphatic carbocycles. The van der Waals surface area contributed by atoms with Gasteiger partial charge in [-0.15, -0.1) is 0 Å². The molecule has 1 atom stereocenters. The van der Waals surface area contributed by atoms with E-state index in [1.807, 2.05) is 48.9 Å². The van der Waals surface area contributed by atoms with Gasteiger partial charge in [0.05, 0.1) is 5.69 Å². The zero-order valence-corrected chi connectivity index (χ0v) is 16.2. The minimum atomic E-state index is -0.294. The molecule has 0 aliphatic heterocycles. The van der Waals surface area contributed by atoms with Crippen molar-refractivity contribution >= 4 is 44.9 Å². The molecule has 7 heteroatoms. The van der Waals surface area contributed by atoms with E-state index in [4.69, 9.17) is 23.2 Å². The van der Waals surface area contributed by atoms with Crippen LogP contribution in [0.4, 0.5) is 5.82 Å². The largest absolute Gasteiger partial charge is 0.345 e. The molecule has 3 aromatic rings. The lowest BCUT2D eigenvalue weighted by Gasteiger charge is -2.23. The Morgan fingerprint density at radius 1 is 1.12 bits per heavy atom. The molecule has 0 radical (unpaired) electrons. The summed E-state index contributed by atoms with van der Waals surface area (Å²) in [5.74, 6) is 0.724. The maximum absolute atomic E-state index is 6.43. The predicted molar refractivity (Wildman–Crippen MR) is 102 cm³/mol. The molecule has 0 fully saturated rings. The predicted octanol–water partition coefficient (Wildman–Crippen LogP) is 5.62. The Morgan fingerprint density at radius 3 is 2.50 bits per heavy atom. The molecule has 0 saturated heterocycles. The van der Waals surface area contributed by atoms with Crippen molar-refractivity contribution < 1.29 is 0 Å². The molecule has 0 aliphatic rings. The van der Waals surface area contributed by atoms with E-state index in [2.05, 4.69) is 31.3 Å². The Labute approximate surface area is 158 Å². The van der Waals surface area contributed by atoms with Crippen LogP contribution < -0.4 is 5.32 Å². The third-order valence-corrected chi connectivity index (χ3v) is 4.59. The van der Waals surface area contributed by atoms with Gasteiger partial charge in [0, 0.05) is 32.0 Å². The van der Waals surface area contributed by atoms with E-state index in [1.165, 1.54) is 0 Å². The maximum Gasteiger partial charge on any atom is 0.149 e. The molecule has 0 amide bonds. The van der Waals surface area contributed by atoms with Crippen LogP contribution in [0.5, 0.6) is 0 Å². The fraction of sp³-hybridized carbons (Fsp3) is 0.176. The first kappa shape index (κ1) is 17.3. The Morgan fingerprint density at radius 2 is 1.92 bits per heavy atom. The highest BCUT2D eigenvalue weighted by atomic mass is 79.9. The van der Waals surface area contributed by atoms with Crippen molar-refractivity contribution in [3.63, 3.8) is 0 Å². The highest BCUT2D eigenvalue weighted by Crippen LogP contribution is 2.30. The number of nitrogens with one attached hydrogen (secondary N) is 1. The molecule has 0 saturated carbocycles. The number of halogens is 3. The summed E-state index contributed by atoms with van der Waals surface area (Å²) >= 11 is 15.9. The first-order valence-corrected chi connectivity index (χ1v) is 8.85. The van der Waals surface area contributed by atoms with Crippen LogP contribution in [0.1, 0.15) is 23.1 Å². The van der Waals surface area contributed by atoms with Crippen molar-refractivity contribution in [2.24, 2.45) is 0 Å². The first-order chi connectivity index (χ1) is 11.4. The van der Waals surface area contributed by atoms with Gasteiger partial charge in [-0.1, -0.05) is 29.3 Å². The quantitative estimate of drug-likeness (QED) is 0.589. The fourth-order valence-electron chi connectivity index (χ4n) is 2.50. The standard InChI is InChI=1S/C17H15BrCl2N4/c1-10-7-11(2)24(23-10)17(14-5-4-13(19)8-15(14)20)22-16-6-3-12(18)9-21-16/h3-9,17H,1-2H3,(H,21,22)/t17-/m1/s1. The zero-order valence-electron chi connectivity index (χ0n) is 13.1. The van der Waals surface area contributed by atoms with Gasteiger partial charge < -0.3 is 5.32 Å². The van der Waals surface area contributed by atoms with Crippen LogP contribution in [-0.2, 0) is 0 Å². The van der Waals surface area contributed by atoms with Gasteiger partial charge in [0.2, 0.25) is 0 Å². The van der Waals surface area contributed by atoms with Crippen LogP contribution >= 0.6 is 39.1 Å². The molecule has 0 bridgehead atoms. The lowest BCUT2D eigenvalue weighted by atomic mass is 10.1. The lowest BCUT2D eigenvalue weighted by Crippen LogP contribution is -2.23. The number of rotatable bonds is 4. The van der Waals surface area contributed by atoms with Crippen molar-refractivity contribution in [1.29, 1.82) is 0 Å². The number of hydrogen-bond donors (Lipinski definition) is 1. The van der Waals surface area contributed by atoms with Crippen molar-refractivity contribution in [3.8, 4) is 0 Å². The van der Waals surface area contributed by atoms with Crippen LogP contribution in [0.25, 0.3) is 0 Å². The Hall–Kier alpha value is -1.56. The van der Waals surface area contributed by atoms with Crippen molar-refractivity contribution in [2.45, 2.75) is 20.0 Å². The first-order valence-electron chi connectivity index (χ1n) is 7.30. The van der Waals surface area contributed by atoms with Crippen LogP contribution in [0.2, 0.25) is 10.0 Å². The summed E-state index contributed by atoms with van der Waals surface area (Å²) in [6.45, 7) is 3.97. The van der Waals surface area contributed by atoms with Crippen molar-refractivity contribution in [2.75, 3.05) is 5.32 Å². The minimum absolute atomic E-state index is 0.294. The summed E-state index contributed by atoms with van der Waals surface area (Å²) < 4.78 is 2.81. The van der Waals surface area contributed by atoms with E-state index in [9.17, 15) is 0 Å². The van der Waals surface area contributed by atoms with E-state index >= 15 is 0 Å². The van der Waals surface area contributed by atoms with Gasteiger partial charge in [-0.25, -0.2) is 9.67 Å². The molecule has 0 unspecified atom stereocenters. The Balaban J connectivity index is 2.06. The van der Waals surface area contributed by atoms with Crippen molar-refractivity contribution in [3.05, 3.63) is 74.1 Å². The van der Waals surface area contributed by atoms with Gasteiger partial charge in [0.15, 0.2) is 0 Å². The summed E-state index contributed by atoms with van der Waals surface area (Å²) in [4.78, 5) is 4.38. The molecule has 124 valence electrons. The van der Waals surface area contributed by atoms with E-state index < -0.39 is 0 Å². The van der Waals surface area contributed by atoms with E-state index in [-0.39, 0.29) is 6.17 Å². The monoisotopic (exact) mass is 424 g/mol. The van der Waals surface area contributed by atoms with Crippen LogP contribution in [0, 0.1) is 13.8 Å². The van der Waals surface area contributed by atoms with Crippen LogP contribution in [0.15, 0.2) is 47.1 Å². The van der Waals surface area contributed by atoms with Gasteiger partial charge in [-0.2, -0.15) is 5.10 Å². The molecular formula is C17H15BrCl2N4. The third-order valence-electron chi connectivity index (χ3n) is 3.56. The van der Waals surface area contributed by atoms with Crippen molar-refractivity contribution in [1.82, 2.24) is 14.8 Å². The minimum Gasteiger partial charge on any atom is -0.345 e. The number of anilines is 1. The summed E-state index contributed by atoms with van der Waals surface area (Å²) in [6, 6.07) is 11.3. The summed E-state index contributed by atoms with van der Waals surface area (Å²) in [7, 11) is 0. The number of aromatic nitrogens is 3. The van der Waals surface area contributed by atoms with Crippen LogP contribution in [0.3, 0.4) is 0 Å². The Bertz CT molecular complexity index is 862. The normalized spacial score (nSPS) is 12.2. The zero-order chi connectivity index (χ0) is 17.3. The van der Waals surface area contributed by atoms with E-state index in [1.54, 1.807) is 12.3 Å². The SMILES string of the molecule is Cc1cc(C)n([C@@H](Nc2ccc(Br)cn2)c2ccc(Cl)cc2Cl)n1. The molecule has 4 nitrogen and oxygen atoms in total. The van der Waals surface area contributed by atoms with Gasteiger partial charge in [-0.05, 0) is 60.1 Å². The smallest absolute Gasteiger partial charge is 0.149 e. The number of hydrogen-bond acceptors (Lipinski definition) is 3. The summed E-state index contributed by atoms with van der Waals surface area (Å²) in [5.41, 5.74) is 2.83. The molecule has 24 heavy (non-hydrogen) atoms. The fourth-order valence-corrected chi connectivity index (χ4v) is 3.25. The molecule has 1 aromatic carbocycles. The van der Waals surface area contributed by atoms with Crippen LogP contribution in [-0.4, -0.2) is 14.8 Å².